The van der Waals surface area contributed by atoms with Gasteiger partial charge in [0.25, 0.3) is 0 Å². The maximum Gasteiger partial charge on any atom is 0.417 e. The van der Waals surface area contributed by atoms with Crippen molar-refractivity contribution in [3.8, 4) is 5.88 Å². The molecule has 0 unspecified atom stereocenters. The lowest BCUT2D eigenvalue weighted by Crippen LogP contribution is -2.43. The van der Waals surface area contributed by atoms with Gasteiger partial charge in [0.2, 0.25) is 5.88 Å². The lowest BCUT2D eigenvalue weighted by atomic mass is 9.89. The first-order valence-corrected chi connectivity index (χ1v) is 9.33. The fourth-order valence-electron chi connectivity index (χ4n) is 3.51. The van der Waals surface area contributed by atoms with E-state index in [0.717, 1.165) is 56.7 Å². The van der Waals surface area contributed by atoms with Gasteiger partial charge in [0, 0.05) is 50.1 Å². The second kappa shape index (κ2) is 7.90. The van der Waals surface area contributed by atoms with Crippen molar-refractivity contribution in [2.24, 2.45) is 0 Å². The summed E-state index contributed by atoms with van der Waals surface area (Å²) in [6.45, 7) is 1.46. The fourth-order valence-corrected chi connectivity index (χ4v) is 3.51. The number of alkyl halides is 3. The van der Waals surface area contributed by atoms with Crippen LogP contribution in [0.15, 0.2) is 30.9 Å². The van der Waals surface area contributed by atoms with E-state index in [0.29, 0.717) is 17.6 Å². The van der Waals surface area contributed by atoms with Gasteiger partial charge in [-0.3, -0.25) is 0 Å². The summed E-state index contributed by atoms with van der Waals surface area (Å²) >= 11 is 0. The van der Waals surface area contributed by atoms with Crippen LogP contribution in [-0.2, 0) is 10.9 Å². The molecule has 0 aromatic carbocycles. The van der Waals surface area contributed by atoms with Gasteiger partial charge in [0.05, 0.1) is 5.56 Å². The highest BCUT2D eigenvalue weighted by Crippen LogP contribution is 2.35. The zero-order valence-electron chi connectivity index (χ0n) is 15.2. The predicted molar refractivity (Wildman–Crippen MR) is 95.1 cm³/mol. The Morgan fingerprint density at radius 3 is 2.54 bits per heavy atom. The molecule has 1 aliphatic heterocycles. The number of hydrogen-bond donors (Lipinski definition) is 1. The zero-order chi connectivity index (χ0) is 19.6. The Kier molecular flexibility index (Phi) is 5.34. The van der Waals surface area contributed by atoms with E-state index in [1.54, 1.807) is 0 Å². The topological polar surface area (TPSA) is 69.2 Å². The quantitative estimate of drug-likeness (QED) is 0.832. The number of anilines is 1. The molecule has 1 saturated carbocycles. The van der Waals surface area contributed by atoms with E-state index in [1.165, 1.54) is 12.4 Å². The Balaban J connectivity index is 1.30. The number of nitrogens with zero attached hydrogens (tertiary/aromatic N) is 3. The van der Waals surface area contributed by atoms with Crippen LogP contribution in [0.3, 0.4) is 0 Å². The van der Waals surface area contributed by atoms with E-state index in [9.17, 15) is 13.2 Å². The van der Waals surface area contributed by atoms with Crippen LogP contribution in [0.25, 0.3) is 0 Å². The average molecular weight is 394 g/mol. The Morgan fingerprint density at radius 2 is 1.86 bits per heavy atom. The molecule has 150 valence electrons. The Morgan fingerprint density at radius 1 is 1.07 bits per heavy atom. The Labute approximate surface area is 160 Å². The van der Waals surface area contributed by atoms with Gasteiger partial charge in [-0.05, 0) is 30.9 Å². The highest BCUT2D eigenvalue weighted by molar-refractivity contribution is 5.38. The van der Waals surface area contributed by atoms with Crippen molar-refractivity contribution in [1.29, 1.82) is 0 Å². The minimum atomic E-state index is -4.37. The summed E-state index contributed by atoms with van der Waals surface area (Å²) in [5.74, 6) is 1.40. The molecule has 4 rings (SSSR count). The standard InChI is InChI=1S/C19H21F3N4O2/c20-19(21,22)13-1-2-17(24-9-13)26-14-7-15(8-14)28-18-16(10-23-11-25-18)12-3-5-27-6-4-12/h1-2,9-12,14-15H,3-8H2,(H,24,26). The summed E-state index contributed by atoms with van der Waals surface area (Å²) in [5.41, 5.74) is 0.267. The Hall–Kier alpha value is -2.42. The van der Waals surface area contributed by atoms with Gasteiger partial charge >= 0.3 is 6.18 Å². The highest BCUT2D eigenvalue weighted by atomic mass is 19.4. The molecule has 0 atom stereocenters. The molecule has 0 bridgehead atoms. The van der Waals surface area contributed by atoms with Crippen LogP contribution in [-0.4, -0.2) is 40.3 Å². The van der Waals surface area contributed by atoms with Crippen LogP contribution in [0.5, 0.6) is 5.88 Å². The van der Waals surface area contributed by atoms with Crippen LogP contribution in [0.1, 0.15) is 42.7 Å². The molecule has 1 aliphatic carbocycles. The molecular weight excluding hydrogens is 373 g/mol. The van der Waals surface area contributed by atoms with Crippen molar-refractivity contribution >= 4 is 5.82 Å². The van der Waals surface area contributed by atoms with Gasteiger partial charge < -0.3 is 14.8 Å². The van der Waals surface area contributed by atoms with Crippen molar-refractivity contribution in [3.05, 3.63) is 42.0 Å². The number of rotatable bonds is 5. The summed E-state index contributed by atoms with van der Waals surface area (Å²) < 4.78 is 49.2. The molecule has 1 saturated heterocycles. The largest absolute Gasteiger partial charge is 0.474 e. The summed E-state index contributed by atoms with van der Waals surface area (Å²) in [6.07, 6.45) is 3.12. The second-order valence-corrected chi connectivity index (χ2v) is 7.15. The smallest absolute Gasteiger partial charge is 0.417 e. The maximum atomic E-state index is 12.6. The van der Waals surface area contributed by atoms with Crippen molar-refractivity contribution in [2.45, 2.75) is 49.9 Å². The van der Waals surface area contributed by atoms with Gasteiger partial charge in [-0.25, -0.2) is 15.0 Å². The Bertz CT molecular complexity index is 789. The number of halogens is 3. The zero-order valence-corrected chi connectivity index (χ0v) is 15.2. The summed E-state index contributed by atoms with van der Waals surface area (Å²) in [6, 6.07) is 2.50. The molecule has 2 aromatic heterocycles. The maximum absolute atomic E-state index is 12.6. The van der Waals surface area contributed by atoms with E-state index in [2.05, 4.69) is 20.3 Å². The number of pyridine rings is 1. The summed E-state index contributed by atoms with van der Waals surface area (Å²) in [5, 5.41) is 3.14. The third kappa shape index (κ3) is 4.35. The van der Waals surface area contributed by atoms with Gasteiger partial charge in [0.15, 0.2) is 0 Å². The molecule has 28 heavy (non-hydrogen) atoms. The molecule has 9 heteroatoms. The van der Waals surface area contributed by atoms with E-state index in [4.69, 9.17) is 9.47 Å². The summed E-state index contributed by atoms with van der Waals surface area (Å²) in [4.78, 5) is 12.3. The van der Waals surface area contributed by atoms with Crippen LogP contribution in [0.2, 0.25) is 0 Å². The van der Waals surface area contributed by atoms with E-state index in [1.807, 2.05) is 6.20 Å². The number of hydrogen-bond acceptors (Lipinski definition) is 6. The lowest BCUT2D eigenvalue weighted by Gasteiger charge is -2.36. The van der Waals surface area contributed by atoms with Crippen LogP contribution < -0.4 is 10.1 Å². The average Bonchev–Trinajstić information content (AvgIpc) is 2.67. The first-order chi connectivity index (χ1) is 13.5. The van der Waals surface area contributed by atoms with E-state index >= 15 is 0 Å². The van der Waals surface area contributed by atoms with Crippen molar-refractivity contribution < 1.29 is 22.6 Å². The van der Waals surface area contributed by atoms with Gasteiger partial charge in [-0.2, -0.15) is 13.2 Å². The lowest BCUT2D eigenvalue weighted by molar-refractivity contribution is -0.137. The normalized spacial score (nSPS) is 23.1. The van der Waals surface area contributed by atoms with Gasteiger partial charge in [-0.1, -0.05) is 0 Å². The number of nitrogens with one attached hydrogen (secondary N) is 1. The third-order valence-corrected chi connectivity index (χ3v) is 5.18. The molecule has 2 aliphatic rings. The molecule has 0 spiro atoms. The number of aromatic nitrogens is 3. The molecule has 0 radical (unpaired) electrons. The first-order valence-electron chi connectivity index (χ1n) is 9.33. The van der Waals surface area contributed by atoms with Crippen molar-refractivity contribution in [1.82, 2.24) is 15.0 Å². The minimum absolute atomic E-state index is 0.0143. The molecular formula is C19H21F3N4O2. The highest BCUT2D eigenvalue weighted by Gasteiger charge is 2.34. The second-order valence-electron chi connectivity index (χ2n) is 7.15. The van der Waals surface area contributed by atoms with E-state index < -0.39 is 11.7 Å². The van der Waals surface area contributed by atoms with Gasteiger partial charge in [-0.15, -0.1) is 0 Å². The monoisotopic (exact) mass is 394 g/mol. The molecule has 2 fully saturated rings. The van der Waals surface area contributed by atoms with Crippen molar-refractivity contribution in [2.75, 3.05) is 18.5 Å². The SMILES string of the molecule is FC(F)(F)c1ccc(NC2CC(Oc3ncncc3C3CCOCC3)C2)nc1. The van der Waals surface area contributed by atoms with Gasteiger partial charge in [0.1, 0.15) is 18.2 Å². The minimum Gasteiger partial charge on any atom is -0.474 e. The van der Waals surface area contributed by atoms with Crippen LogP contribution in [0.4, 0.5) is 19.0 Å². The van der Waals surface area contributed by atoms with Crippen LogP contribution >= 0.6 is 0 Å². The molecule has 6 nitrogen and oxygen atoms in total. The first kappa shape index (κ1) is 18.9. The van der Waals surface area contributed by atoms with Crippen LogP contribution in [0, 0.1) is 0 Å². The number of ether oxygens (including phenoxy) is 2. The van der Waals surface area contributed by atoms with Crippen molar-refractivity contribution in [3.63, 3.8) is 0 Å². The molecule has 0 amide bonds. The summed E-state index contributed by atoms with van der Waals surface area (Å²) in [7, 11) is 0. The third-order valence-electron chi connectivity index (χ3n) is 5.18. The molecule has 1 N–H and O–H groups in total. The fraction of sp³-hybridized carbons (Fsp3) is 0.526. The molecule has 2 aromatic rings. The predicted octanol–water partition coefficient (Wildman–Crippen LogP) is 3.81. The van der Waals surface area contributed by atoms with E-state index in [-0.39, 0.29) is 12.1 Å². The molecule has 3 heterocycles.